The Hall–Kier alpha value is -4.02. The molecule has 1 unspecified atom stereocenters. The van der Waals surface area contributed by atoms with E-state index in [2.05, 4.69) is 10.1 Å². The summed E-state index contributed by atoms with van der Waals surface area (Å²) in [6, 6.07) is 8.67. The van der Waals surface area contributed by atoms with Crippen LogP contribution in [-0.4, -0.2) is 45.5 Å². The maximum atomic E-state index is 13.2. The predicted octanol–water partition coefficient (Wildman–Crippen LogP) is 3.62. The van der Waals surface area contributed by atoms with Crippen molar-refractivity contribution < 1.29 is 42.5 Å². The molecular formula is C23H21F3N2O6. The third kappa shape index (κ3) is 5.48. The number of carboxylic acids is 1. The van der Waals surface area contributed by atoms with Crippen LogP contribution < -0.4 is 10.1 Å². The lowest BCUT2D eigenvalue weighted by Crippen LogP contribution is -2.32. The number of nitrogens with one attached hydrogen (secondary N) is 1. The van der Waals surface area contributed by atoms with Gasteiger partial charge in [-0.15, -0.1) is 13.2 Å². The molecule has 0 radical (unpaired) electrons. The molecule has 3 aromatic rings. The number of phenolic OH excluding ortho intramolecular Hbond substituents is 1. The molecule has 0 aliphatic rings. The zero-order valence-electron chi connectivity index (χ0n) is 18.1. The first-order valence-electron chi connectivity index (χ1n) is 10.1. The number of amides is 1. The van der Waals surface area contributed by atoms with Crippen molar-refractivity contribution in [2.24, 2.45) is 5.92 Å². The van der Waals surface area contributed by atoms with Gasteiger partial charge in [0, 0.05) is 23.2 Å². The van der Waals surface area contributed by atoms with Crippen molar-refractivity contribution in [3.63, 3.8) is 0 Å². The molecular weight excluding hydrogens is 457 g/mol. The fraction of sp³-hybridized carbons (Fsp3) is 0.261. The van der Waals surface area contributed by atoms with Gasteiger partial charge < -0.3 is 20.3 Å². The summed E-state index contributed by atoms with van der Waals surface area (Å²) in [5.74, 6) is -3.45. The van der Waals surface area contributed by atoms with E-state index in [1.54, 1.807) is 6.92 Å². The molecule has 1 heterocycles. The predicted molar refractivity (Wildman–Crippen MR) is 115 cm³/mol. The molecule has 8 nitrogen and oxygen atoms in total. The summed E-state index contributed by atoms with van der Waals surface area (Å²) < 4.78 is 42.3. The van der Waals surface area contributed by atoms with Crippen LogP contribution in [0.5, 0.6) is 11.5 Å². The van der Waals surface area contributed by atoms with Crippen LogP contribution in [-0.2, 0) is 16.0 Å². The van der Waals surface area contributed by atoms with Gasteiger partial charge in [-0.3, -0.25) is 19.0 Å². The second-order valence-corrected chi connectivity index (χ2v) is 7.70. The Balaban J connectivity index is 1.94. The molecule has 3 rings (SSSR count). The van der Waals surface area contributed by atoms with Crippen molar-refractivity contribution in [1.29, 1.82) is 0 Å². The second-order valence-electron chi connectivity index (χ2n) is 7.70. The number of aromatic hydroxyl groups is 1. The number of hydrogen-bond donors (Lipinski definition) is 3. The van der Waals surface area contributed by atoms with E-state index < -0.39 is 35.8 Å². The number of aliphatic carboxylic acids is 1. The number of carboxylic acid groups (broad SMARTS) is 1. The molecule has 0 bridgehead atoms. The topological polar surface area (TPSA) is 118 Å². The second kappa shape index (κ2) is 9.46. The molecule has 0 aliphatic carbocycles. The van der Waals surface area contributed by atoms with Crippen LogP contribution in [0.2, 0.25) is 0 Å². The summed E-state index contributed by atoms with van der Waals surface area (Å²) >= 11 is 0. The number of carbonyl (C=O) groups excluding carboxylic acids is 2. The fourth-order valence-corrected chi connectivity index (χ4v) is 3.46. The third-order valence-corrected chi connectivity index (χ3v) is 5.22. The molecule has 34 heavy (non-hydrogen) atoms. The number of phenols is 1. The highest BCUT2D eigenvalue weighted by Gasteiger charge is 2.31. The van der Waals surface area contributed by atoms with Gasteiger partial charge in [0.15, 0.2) is 0 Å². The van der Waals surface area contributed by atoms with Gasteiger partial charge in [0.05, 0.1) is 17.9 Å². The summed E-state index contributed by atoms with van der Waals surface area (Å²) in [4.78, 5) is 36.6. The summed E-state index contributed by atoms with van der Waals surface area (Å²) in [5, 5.41) is 21.9. The van der Waals surface area contributed by atoms with Gasteiger partial charge in [-0.1, -0.05) is 6.92 Å². The van der Waals surface area contributed by atoms with Crippen molar-refractivity contribution in [2.45, 2.75) is 26.6 Å². The summed E-state index contributed by atoms with van der Waals surface area (Å²) in [6.07, 6.45) is -5.05. The molecule has 0 fully saturated rings. The quantitative estimate of drug-likeness (QED) is 0.478. The number of alkyl halides is 3. The SMILES string of the molecule is Cc1c(CC(=O)NCC(C)C(=O)O)c2cc(O)ccc2n1C(=O)c1ccc(OC(F)(F)F)cc1. The van der Waals surface area contributed by atoms with Crippen molar-refractivity contribution in [3.8, 4) is 11.5 Å². The van der Waals surface area contributed by atoms with Crippen LogP contribution in [0.4, 0.5) is 13.2 Å². The monoisotopic (exact) mass is 478 g/mol. The molecule has 3 N–H and O–H groups in total. The molecule has 1 aromatic heterocycles. The lowest BCUT2D eigenvalue weighted by Gasteiger charge is -2.11. The van der Waals surface area contributed by atoms with Crippen molar-refractivity contribution in [2.75, 3.05) is 6.54 Å². The highest BCUT2D eigenvalue weighted by Crippen LogP contribution is 2.31. The van der Waals surface area contributed by atoms with Crippen molar-refractivity contribution in [3.05, 3.63) is 59.3 Å². The summed E-state index contributed by atoms with van der Waals surface area (Å²) in [7, 11) is 0. The van der Waals surface area contributed by atoms with E-state index >= 15 is 0 Å². The van der Waals surface area contributed by atoms with E-state index in [0.29, 0.717) is 22.2 Å². The lowest BCUT2D eigenvalue weighted by molar-refractivity contribution is -0.274. The Labute approximate surface area is 191 Å². The number of halogens is 3. The molecule has 0 saturated heterocycles. The maximum absolute atomic E-state index is 13.2. The first kappa shape index (κ1) is 24.6. The first-order chi connectivity index (χ1) is 15.9. The largest absolute Gasteiger partial charge is 0.573 e. The van der Waals surface area contributed by atoms with E-state index in [1.807, 2.05) is 0 Å². The molecule has 1 atom stereocenters. The van der Waals surface area contributed by atoms with Gasteiger partial charge >= 0.3 is 12.3 Å². The number of fused-ring (bicyclic) bond motifs is 1. The number of benzene rings is 2. The van der Waals surface area contributed by atoms with Crippen LogP contribution in [0.15, 0.2) is 42.5 Å². The normalized spacial score (nSPS) is 12.4. The number of aromatic nitrogens is 1. The van der Waals surface area contributed by atoms with Crippen molar-refractivity contribution in [1.82, 2.24) is 9.88 Å². The maximum Gasteiger partial charge on any atom is 0.573 e. The van der Waals surface area contributed by atoms with Crippen LogP contribution in [0.3, 0.4) is 0 Å². The van der Waals surface area contributed by atoms with E-state index in [1.165, 1.54) is 41.8 Å². The van der Waals surface area contributed by atoms with Crippen LogP contribution in [0.1, 0.15) is 28.5 Å². The molecule has 180 valence electrons. The number of ether oxygens (including phenoxy) is 1. The van der Waals surface area contributed by atoms with Crippen molar-refractivity contribution >= 4 is 28.7 Å². The highest BCUT2D eigenvalue weighted by molar-refractivity contribution is 6.05. The Bertz CT molecular complexity index is 1250. The Kier molecular flexibility index (Phi) is 6.85. The molecule has 11 heteroatoms. The fourth-order valence-electron chi connectivity index (χ4n) is 3.46. The number of carbonyl (C=O) groups is 3. The Morgan fingerprint density at radius 2 is 1.76 bits per heavy atom. The average Bonchev–Trinajstić information content (AvgIpc) is 3.01. The lowest BCUT2D eigenvalue weighted by atomic mass is 10.1. The molecule has 0 saturated carbocycles. The van der Waals surface area contributed by atoms with Crippen LogP contribution in [0, 0.1) is 12.8 Å². The van der Waals surface area contributed by atoms with Crippen LogP contribution in [0.25, 0.3) is 10.9 Å². The standard InChI is InChI=1S/C23H21F3N2O6/c1-12(22(32)33)11-27-20(30)10-17-13(2)28(19-8-5-15(29)9-18(17)19)21(31)14-3-6-16(7-4-14)34-23(24,25)26/h3-9,12,29H,10-11H2,1-2H3,(H,27,30)(H,32,33). The first-order valence-corrected chi connectivity index (χ1v) is 10.1. The average molecular weight is 478 g/mol. The number of nitrogens with zero attached hydrogens (tertiary/aromatic N) is 1. The number of rotatable bonds is 7. The van der Waals surface area contributed by atoms with E-state index in [9.17, 15) is 32.7 Å². The van der Waals surface area contributed by atoms with Gasteiger partial charge in [0.2, 0.25) is 5.91 Å². The molecule has 2 aromatic carbocycles. The zero-order chi connectivity index (χ0) is 25.2. The zero-order valence-corrected chi connectivity index (χ0v) is 18.1. The number of hydrogen-bond acceptors (Lipinski definition) is 5. The van der Waals surface area contributed by atoms with Gasteiger partial charge in [-0.2, -0.15) is 0 Å². The van der Waals surface area contributed by atoms with E-state index in [4.69, 9.17) is 5.11 Å². The Morgan fingerprint density at radius 1 is 1.12 bits per heavy atom. The van der Waals surface area contributed by atoms with Gasteiger partial charge in [-0.05, 0) is 55.0 Å². The van der Waals surface area contributed by atoms with Gasteiger partial charge in [-0.25, -0.2) is 0 Å². The smallest absolute Gasteiger partial charge is 0.508 e. The van der Waals surface area contributed by atoms with Crippen LogP contribution >= 0.6 is 0 Å². The molecule has 0 spiro atoms. The van der Waals surface area contributed by atoms with E-state index in [0.717, 1.165) is 12.1 Å². The third-order valence-electron chi connectivity index (χ3n) is 5.22. The highest BCUT2D eigenvalue weighted by atomic mass is 19.4. The van der Waals surface area contributed by atoms with Gasteiger partial charge in [0.25, 0.3) is 5.91 Å². The summed E-state index contributed by atoms with van der Waals surface area (Å²) in [5.41, 5.74) is 1.30. The van der Waals surface area contributed by atoms with E-state index in [-0.39, 0.29) is 24.3 Å². The van der Waals surface area contributed by atoms with Gasteiger partial charge in [0.1, 0.15) is 11.5 Å². The Morgan fingerprint density at radius 3 is 2.35 bits per heavy atom. The minimum Gasteiger partial charge on any atom is -0.508 e. The summed E-state index contributed by atoms with van der Waals surface area (Å²) in [6.45, 7) is 2.96. The minimum atomic E-state index is -4.86. The molecule has 1 amide bonds. The minimum absolute atomic E-state index is 0.0777. The molecule has 0 aliphatic heterocycles.